The van der Waals surface area contributed by atoms with Gasteiger partial charge in [-0.25, -0.2) is 0 Å². The standard InChI is InChI=1S/C26H26O5/c1-28-18-11-17(12-19(13-18)29-2)24-21(10-16-8-6-5-7-9-16)25-22(26(24)27)14-20(30-3)15-23(25)31-4/h5-9,11-15,21,24H,10H2,1-4H3/t21-,24-/m0/s1. The molecule has 1 aliphatic carbocycles. The van der Waals surface area contributed by atoms with Crippen molar-refractivity contribution in [2.24, 2.45) is 0 Å². The van der Waals surface area contributed by atoms with Crippen molar-refractivity contribution in [1.29, 1.82) is 0 Å². The highest BCUT2D eigenvalue weighted by Gasteiger charge is 2.43. The van der Waals surface area contributed by atoms with E-state index in [9.17, 15) is 4.79 Å². The number of methoxy groups -OCH3 is 4. The first-order valence-electron chi connectivity index (χ1n) is 10.2. The van der Waals surface area contributed by atoms with Crippen molar-refractivity contribution in [3.63, 3.8) is 0 Å². The number of Topliss-reactive ketones (excluding diaryl/α,β-unsaturated/α-hetero) is 1. The van der Waals surface area contributed by atoms with Crippen LogP contribution in [0.2, 0.25) is 0 Å². The van der Waals surface area contributed by atoms with Crippen LogP contribution in [-0.4, -0.2) is 34.2 Å². The van der Waals surface area contributed by atoms with Crippen LogP contribution >= 0.6 is 0 Å². The molecule has 0 saturated heterocycles. The van der Waals surface area contributed by atoms with Gasteiger partial charge in [0.15, 0.2) is 5.78 Å². The molecule has 0 amide bonds. The van der Waals surface area contributed by atoms with Crippen LogP contribution in [0.4, 0.5) is 0 Å². The maximum absolute atomic E-state index is 13.7. The predicted molar refractivity (Wildman–Crippen MR) is 119 cm³/mol. The zero-order chi connectivity index (χ0) is 22.0. The fourth-order valence-corrected chi connectivity index (χ4v) is 4.47. The van der Waals surface area contributed by atoms with E-state index < -0.39 is 0 Å². The lowest BCUT2D eigenvalue weighted by atomic mass is 9.81. The maximum atomic E-state index is 13.7. The van der Waals surface area contributed by atoms with Gasteiger partial charge in [0.05, 0.1) is 34.4 Å². The number of ether oxygens (including phenoxy) is 4. The molecule has 0 aromatic heterocycles. The Kier molecular flexibility index (Phi) is 5.85. The van der Waals surface area contributed by atoms with E-state index in [1.807, 2.05) is 48.5 Å². The third-order valence-electron chi connectivity index (χ3n) is 5.92. The van der Waals surface area contributed by atoms with Gasteiger partial charge in [-0.05, 0) is 35.7 Å². The van der Waals surface area contributed by atoms with Gasteiger partial charge in [-0.2, -0.15) is 0 Å². The lowest BCUT2D eigenvalue weighted by Crippen LogP contribution is -2.14. The molecule has 2 atom stereocenters. The minimum absolute atomic E-state index is 0.0448. The molecule has 0 N–H and O–H groups in total. The minimum atomic E-state index is -0.389. The lowest BCUT2D eigenvalue weighted by molar-refractivity contribution is 0.0964. The van der Waals surface area contributed by atoms with E-state index >= 15 is 0 Å². The first-order chi connectivity index (χ1) is 15.1. The van der Waals surface area contributed by atoms with E-state index in [0.29, 0.717) is 35.0 Å². The summed E-state index contributed by atoms with van der Waals surface area (Å²) in [6, 6.07) is 19.5. The van der Waals surface area contributed by atoms with Gasteiger partial charge in [-0.1, -0.05) is 30.3 Å². The van der Waals surface area contributed by atoms with Gasteiger partial charge in [0.1, 0.15) is 23.0 Å². The molecular formula is C26H26O5. The number of carbonyl (C=O) groups excluding carboxylic acids is 1. The van der Waals surface area contributed by atoms with Crippen LogP contribution in [0.1, 0.15) is 38.9 Å². The van der Waals surface area contributed by atoms with Crippen LogP contribution in [0.3, 0.4) is 0 Å². The quantitative estimate of drug-likeness (QED) is 0.539. The highest BCUT2D eigenvalue weighted by molar-refractivity contribution is 6.07. The summed E-state index contributed by atoms with van der Waals surface area (Å²) >= 11 is 0. The molecular weight excluding hydrogens is 392 g/mol. The number of benzene rings is 3. The summed E-state index contributed by atoms with van der Waals surface area (Å²) in [4.78, 5) is 13.7. The first kappa shape index (κ1) is 20.8. The predicted octanol–water partition coefficient (Wildman–Crippen LogP) is 5.03. The van der Waals surface area contributed by atoms with Crippen molar-refractivity contribution in [2.45, 2.75) is 18.3 Å². The largest absolute Gasteiger partial charge is 0.497 e. The van der Waals surface area contributed by atoms with Crippen LogP contribution in [0, 0.1) is 0 Å². The van der Waals surface area contributed by atoms with Crippen molar-refractivity contribution in [1.82, 2.24) is 0 Å². The van der Waals surface area contributed by atoms with Crippen LogP contribution in [0.25, 0.3) is 0 Å². The third kappa shape index (κ3) is 3.83. The molecule has 5 heteroatoms. The molecule has 0 heterocycles. The van der Waals surface area contributed by atoms with E-state index in [1.54, 1.807) is 28.4 Å². The highest BCUT2D eigenvalue weighted by atomic mass is 16.5. The SMILES string of the molecule is COc1cc(OC)cc([C@@H]2C(=O)c3cc(OC)cc(OC)c3[C@H]2Cc2ccccc2)c1. The van der Waals surface area contributed by atoms with E-state index in [0.717, 1.165) is 16.7 Å². The number of fused-ring (bicyclic) bond motifs is 1. The monoisotopic (exact) mass is 418 g/mol. The molecule has 1 aliphatic rings. The molecule has 0 spiro atoms. The summed E-state index contributed by atoms with van der Waals surface area (Å²) in [6.45, 7) is 0. The molecule has 31 heavy (non-hydrogen) atoms. The first-order valence-corrected chi connectivity index (χ1v) is 10.2. The topological polar surface area (TPSA) is 54.0 Å². The zero-order valence-corrected chi connectivity index (χ0v) is 18.2. The molecule has 3 aromatic rings. The van der Waals surface area contributed by atoms with Crippen LogP contribution in [0.5, 0.6) is 23.0 Å². The minimum Gasteiger partial charge on any atom is -0.497 e. The number of hydrogen-bond donors (Lipinski definition) is 0. The average Bonchev–Trinajstić information content (AvgIpc) is 3.09. The van der Waals surface area contributed by atoms with Crippen molar-refractivity contribution in [3.05, 3.63) is 82.9 Å². The van der Waals surface area contributed by atoms with Crippen LogP contribution < -0.4 is 18.9 Å². The zero-order valence-electron chi connectivity index (χ0n) is 18.2. The van der Waals surface area contributed by atoms with Crippen LogP contribution in [0.15, 0.2) is 60.7 Å². The smallest absolute Gasteiger partial charge is 0.171 e. The van der Waals surface area contributed by atoms with E-state index in [-0.39, 0.29) is 17.6 Å². The fourth-order valence-electron chi connectivity index (χ4n) is 4.47. The second kappa shape index (κ2) is 8.72. The fraction of sp³-hybridized carbons (Fsp3) is 0.269. The molecule has 0 radical (unpaired) electrons. The lowest BCUT2D eigenvalue weighted by Gasteiger charge is -2.22. The molecule has 0 saturated carbocycles. The molecule has 0 bridgehead atoms. The second-order valence-corrected chi connectivity index (χ2v) is 7.58. The molecule has 0 unspecified atom stereocenters. The summed E-state index contributed by atoms with van der Waals surface area (Å²) in [6.07, 6.45) is 0.701. The Labute approximate surface area is 182 Å². The van der Waals surface area contributed by atoms with Crippen molar-refractivity contribution in [3.8, 4) is 23.0 Å². The van der Waals surface area contributed by atoms with E-state index in [1.165, 1.54) is 0 Å². The summed E-state index contributed by atoms with van der Waals surface area (Å²) in [5.41, 5.74) is 3.58. The summed E-state index contributed by atoms with van der Waals surface area (Å²) in [5.74, 6) is 2.14. The van der Waals surface area contributed by atoms with Crippen molar-refractivity contribution >= 4 is 5.78 Å². The van der Waals surface area contributed by atoms with Gasteiger partial charge in [0.25, 0.3) is 0 Å². The molecule has 160 valence electrons. The van der Waals surface area contributed by atoms with Crippen molar-refractivity contribution in [2.75, 3.05) is 28.4 Å². The van der Waals surface area contributed by atoms with E-state index in [4.69, 9.17) is 18.9 Å². The van der Waals surface area contributed by atoms with Crippen LogP contribution in [-0.2, 0) is 6.42 Å². The van der Waals surface area contributed by atoms with Gasteiger partial charge >= 0.3 is 0 Å². The van der Waals surface area contributed by atoms with Gasteiger partial charge < -0.3 is 18.9 Å². The highest BCUT2D eigenvalue weighted by Crippen LogP contribution is 2.51. The molecule has 0 aliphatic heterocycles. The second-order valence-electron chi connectivity index (χ2n) is 7.58. The number of rotatable bonds is 7. The molecule has 4 rings (SSSR count). The normalized spacial score (nSPS) is 17.2. The number of carbonyl (C=O) groups is 1. The average molecular weight is 418 g/mol. The Bertz CT molecular complexity index is 1070. The van der Waals surface area contributed by atoms with Gasteiger partial charge in [0, 0.05) is 29.2 Å². The summed E-state index contributed by atoms with van der Waals surface area (Å²) in [5, 5.41) is 0. The van der Waals surface area contributed by atoms with Gasteiger partial charge in [-0.3, -0.25) is 4.79 Å². The third-order valence-corrected chi connectivity index (χ3v) is 5.92. The Hall–Kier alpha value is -3.47. The Balaban J connectivity index is 1.90. The Morgan fingerprint density at radius 3 is 1.94 bits per heavy atom. The summed E-state index contributed by atoms with van der Waals surface area (Å²) < 4.78 is 22.1. The van der Waals surface area contributed by atoms with Gasteiger partial charge in [-0.15, -0.1) is 0 Å². The summed E-state index contributed by atoms with van der Waals surface area (Å²) in [7, 11) is 6.44. The maximum Gasteiger partial charge on any atom is 0.171 e. The number of hydrogen-bond acceptors (Lipinski definition) is 5. The molecule has 0 fully saturated rings. The molecule has 3 aromatic carbocycles. The van der Waals surface area contributed by atoms with Crippen molar-refractivity contribution < 1.29 is 23.7 Å². The molecule has 5 nitrogen and oxygen atoms in total. The Morgan fingerprint density at radius 2 is 1.35 bits per heavy atom. The van der Waals surface area contributed by atoms with Gasteiger partial charge in [0.2, 0.25) is 0 Å². The van der Waals surface area contributed by atoms with E-state index in [2.05, 4.69) is 12.1 Å². The Morgan fingerprint density at radius 1 is 0.742 bits per heavy atom. The number of ketones is 1.